The summed E-state index contributed by atoms with van der Waals surface area (Å²) >= 11 is 0. The van der Waals surface area contributed by atoms with Gasteiger partial charge in [-0.3, -0.25) is 4.79 Å². The molecule has 0 saturated carbocycles. The van der Waals surface area contributed by atoms with Crippen molar-refractivity contribution in [2.45, 2.75) is 39.0 Å². The molecule has 2 rings (SSSR count). The number of nitrogens with one attached hydrogen (secondary N) is 1. The van der Waals surface area contributed by atoms with Gasteiger partial charge in [-0.15, -0.1) is 0 Å². The molecule has 5 nitrogen and oxygen atoms in total. The van der Waals surface area contributed by atoms with Gasteiger partial charge >= 0.3 is 0 Å². The number of ether oxygens (including phenoxy) is 1. The lowest BCUT2D eigenvalue weighted by Gasteiger charge is -2.26. The minimum absolute atomic E-state index is 0.187. The Morgan fingerprint density at radius 2 is 2.12 bits per heavy atom. The van der Waals surface area contributed by atoms with Gasteiger partial charge in [0.2, 0.25) is 5.88 Å². The van der Waals surface area contributed by atoms with Crippen LogP contribution in [0.5, 0.6) is 5.88 Å². The van der Waals surface area contributed by atoms with Crippen LogP contribution in [0.25, 0.3) is 0 Å². The molecule has 1 amide bonds. The van der Waals surface area contributed by atoms with E-state index in [9.17, 15) is 14.3 Å². The van der Waals surface area contributed by atoms with Gasteiger partial charge < -0.3 is 15.2 Å². The summed E-state index contributed by atoms with van der Waals surface area (Å²) in [5.41, 5.74) is 0.0405. The normalized spacial score (nSPS) is 12.5. The van der Waals surface area contributed by atoms with Crippen LogP contribution in [0.4, 0.5) is 4.39 Å². The molecule has 0 aliphatic carbocycles. The second-order valence-electron chi connectivity index (χ2n) is 6.15. The minimum Gasteiger partial charge on any atom is -0.473 e. The smallest absolute Gasteiger partial charge is 0.253 e. The Kier molecular flexibility index (Phi) is 5.51. The molecule has 6 heteroatoms. The van der Waals surface area contributed by atoms with E-state index < -0.39 is 11.6 Å². The number of aliphatic hydroxyl groups is 1. The van der Waals surface area contributed by atoms with E-state index in [1.807, 2.05) is 0 Å². The average Bonchev–Trinajstić information content (AvgIpc) is 2.52. The van der Waals surface area contributed by atoms with Crippen molar-refractivity contribution in [3.05, 3.63) is 59.5 Å². The largest absolute Gasteiger partial charge is 0.473 e. The van der Waals surface area contributed by atoms with Crippen LogP contribution in [0.3, 0.4) is 0 Å². The predicted octanol–water partition coefficient (Wildman–Crippen LogP) is 2.69. The van der Waals surface area contributed by atoms with Crippen LogP contribution in [0.1, 0.15) is 36.7 Å². The van der Waals surface area contributed by atoms with Crippen molar-refractivity contribution in [3.8, 4) is 5.88 Å². The van der Waals surface area contributed by atoms with Crippen LogP contribution in [0.2, 0.25) is 0 Å². The maximum atomic E-state index is 13.1. The summed E-state index contributed by atoms with van der Waals surface area (Å²) < 4.78 is 18.6. The van der Waals surface area contributed by atoms with Gasteiger partial charge in [0.15, 0.2) is 0 Å². The Bertz CT molecular complexity index is 696. The van der Waals surface area contributed by atoms with Crippen molar-refractivity contribution in [2.75, 3.05) is 0 Å². The Hall–Kier alpha value is -2.47. The third kappa shape index (κ3) is 5.03. The van der Waals surface area contributed by atoms with Crippen LogP contribution in [0, 0.1) is 5.82 Å². The molecule has 0 aliphatic rings. The van der Waals surface area contributed by atoms with Gasteiger partial charge in [-0.1, -0.05) is 12.1 Å². The third-order valence-corrected chi connectivity index (χ3v) is 3.68. The Morgan fingerprint density at radius 3 is 2.71 bits per heavy atom. The highest BCUT2D eigenvalue weighted by molar-refractivity contribution is 5.94. The van der Waals surface area contributed by atoms with Gasteiger partial charge in [0.25, 0.3) is 5.91 Å². The van der Waals surface area contributed by atoms with E-state index >= 15 is 0 Å². The summed E-state index contributed by atoms with van der Waals surface area (Å²) in [7, 11) is 0. The van der Waals surface area contributed by atoms with Crippen molar-refractivity contribution in [1.82, 2.24) is 10.3 Å². The fourth-order valence-electron chi connectivity index (χ4n) is 1.84. The summed E-state index contributed by atoms with van der Waals surface area (Å²) in [4.78, 5) is 16.2. The molecular weight excluding hydrogens is 311 g/mol. The molecular formula is C18H21FN2O3. The number of rotatable bonds is 6. The maximum Gasteiger partial charge on any atom is 0.253 e. The molecule has 1 aromatic carbocycles. The van der Waals surface area contributed by atoms with Crippen molar-refractivity contribution >= 4 is 5.91 Å². The first-order valence-corrected chi connectivity index (χ1v) is 7.62. The maximum absolute atomic E-state index is 13.1. The zero-order valence-electron chi connectivity index (χ0n) is 13.9. The summed E-state index contributed by atoms with van der Waals surface area (Å²) in [6, 6.07) is 8.86. The molecule has 1 heterocycles. The molecule has 0 unspecified atom stereocenters. The monoisotopic (exact) mass is 332 g/mol. The predicted molar refractivity (Wildman–Crippen MR) is 88.2 cm³/mol. The standard InChI is InChI=1S/C18H21FN2O3/c1-12(18(2,3)23)21-17(22)14-7-8-16(20-10-14)24-11-13-5-4-6-15(19)9-13/h4-10,12,23H,11H2,1-3H3,(H,21,22)/t12-/m1/s1. The van der Waals surface area contributed by atoms with Gasteiger partial charge in [0, 0.05) is 12.3 Å². The number of halogens is 1. The van der Waals surface area contributed by atoms with E-state index in [0.717, 1.165) is 0 Å². The van der Waals surface area contributed by atoms with Crippen LogP contribution >= 0.6 is 0 Å². The fraction of sp³-hybridized carbons (Fsp3) is 0.333. The molecule has 0 fully saturated rings. The second-order valence-corrected chi connectivity index (χ2v) is 6.15. The SMILES string of the molecule is C[C@@H](NC(=O)c1ccc(OCc2cccc(F)c2)nc1)C(C)(C)O. The molecule has 1 aromatic heterocycles. The van der Waals surface area contributed by atoms with E-state index in [4.69, 9.17) is 4.74 Å². The lowest BCUT2D eigenvalue weighted by molar-refractivity contribution is 0.0408. The van der Waals surface area contributed by atoms with Gasteiger partial charge in [0.05, 0.1) is 17.2 Å². The molecule has 128 valence electrons. The van der Waals surface area contributed by atoms with Crippen LogP contribution in [-0.4, -0.2) is 27.6 Å². The Labute approximate surface area is 140 Å². The molecule has 0 aliphatic heterocycles. The van der Waals surface area contributed by atoms with Crippen LogP contribution in [0.15, 0.2) is 42.6 Å². The molecule has 0 radical (unpaired) electrons. The highest BCUT2D eigenvalue weighted by Crippen LogP contribution is 2.13. The summed E-state index contributed by atoms with van der Waals surface area (Å²) in [6.07, 6.45) is 1.40. The minimum atomic E-state index is -1.02. The molecule has 2 N–H and O–H groups in total. The Balaban J connectivity index is 1.94. The quantitative estimate of drug-likeness (QED) is 0.853. The van der Waals surface area contributed by atoms with E-state index in [2.05, 4.69) is 10.3 Å². The van der Waals surface area contributed by atoms with Gasteiger partial charge in [-0.05, 0) is 44.5 Å². The lowest BCUT2D eigenvalue weighted by Crippen LogP contribution is -2.47. The van der Waals surface area contributed by atoms with Gasteiger partial charge in [0.1, 0.15) is 12.4 Å². The summed E-state index contributed by atoms with van der Waals surface area (Å²) in [6.45, 7) is 5.16. The molecule has 0 bridgehead atoms. The summed E-state index contributed by atoms with van der Waals surface area (Å²) in [5.74, 6) is -0.308. The number of aromatic nitrogens is 1. The topological polar surface area (TPSA) is 71.5 Å². The molecule has 24 heavy (non-hydrogen) atoms. The number of benzene rings is 1. The second kappa shape index (κ2) is 7.40. The van der Waals surface area contributed by atoms with E-state index in [1.54, 1.807) is 45.0 Å². The zero-order valence-corrected chi connectivity index (χ0v) is 13.9. The highest BCUT2D eigenvalue weighted by atomic mass is 19.1. The van der Waals surface area contributed by atoms with Crippen LogP contribution < -0.4 is 10.1 Å². The number of carbonyl (C=O) groups excluding carboxylic acids is 1. The van der Waals surface area contributed by atoms with Crippen molar-refractivity contribution in [3.63, 3.8) is 0 Å². The van der Waals surface area contributed by atoms with Gasteiger partial charge in [-0.2, -0.15) is 0 Å². The number of carbonyl (C=O) groups is 1. The first kappa shape index (κ1) is 17.9. The first-order valence-electron chi connectivity index (χ1n) is 7.62. The van der Waals surface area contributed by atoms with Crippen LogP contribution in [-0.2, 0) is 6.61 Å². The number of pyridine rings is 1. The highest BCUT2D eigenvalue weighted by Gasteiger charge is 2.24. The van der Waals surface area contributed by atoms with E-state index in [0.29, 0.717) is 17.0 Å². The fourth-order valence-corrected chi connectivity index (χ4v) is 1.84. The first-order chi connectivity index (χ1) is 11.3. The van der Waals surface area contributed by atoms with E-state index in [-0.39, 0.29) is 18.3 Å². The number of amides is 1. The van der Waals surface area contributed by atoms with Crippen molar-refractivity contribution in [2.24, 2.45) is 0 Å². The van der Waals surface area contributed by atoms with E-state index in [1.165, 1.54) is 18.3 Å². The molecule has 0 saturated heterocycles. The van der Waals surface area contributed by atoms with Crippen molar-refractivity contribution in [1.29, 1.82) is 0 Å². The third-order valence-electron chi connectivity index (χ3n) is 3.68. The summed E-state index contributed by atoms with van der Waals surface area (Å²) in [5, 5.41) is 12.6. The lowest BCUT2D eigenvalue weighted by atomic mass is 10.0. The van der Waals surface area contributed by atoms with Gasteiger partial charge in [-0.25, -0.2) is 9.37 Å². The van der Waals surface area contributed by atoms with Crippen molar-refractivity contribution < 1.29 is 19.0 Å². The molecule has 1 atom stereocenters. The number of hydrogen-bond donors (Lipinski definition) is 2. The number of nitrogens with zero attached hydrogens (tertiary/aromatic N) is 1. The number of hydrogen-bond acceptors (Lipinski definition) is 4. The molecule has 0 spiro atoms. The average molecular weight is 332 g/mol. The molecule has 2 aromatic rings. The zero-order chi connectivity index (χ0) is 17.7. The Morgan fingerprint density at radius 1 is 1.38 bits per heavy atom.